The van der Waals surface area contributed by atoms with Crippen molar-refractivity contribution in [1.29, 1.82) is 5.26 Å². The summed E-state index contributed by atoms with van der Waals surface area (Å²) in [5, 5.41) is 8.65. The van der Waals surface area contributed by atoms with E-state index in [1.807, 2.05) is 0 Å². The van der Waals surface area contributed by atoms with Crippen LogP contribution in [0.15, 0.2) is 0 Å². The zero-order valence-corrected chi connectivity index (χ0v) is 11.5. The average molecular weight is 224 g/mol. The maximum Gasteiger partial charge on any atom is 0.0635 e. The highest BCUT2D eigenvalue weighted by atomic mass is 15.1. The number of hydrogen-bond acceptors (Lipinski definition) is 2. The van der Waals surface area contributed by atoms with E-state index in [2.05, 4.69) is 38.7 Å². The zero-order chi connectivity index (χ0) is 12.4. The minimum Gasteiger partial charge on any atom is -0.300 e. The van der Waals surface area contributed by atoms with Crippen molar-refractivity contribution in [3.63, 3.8) is 0 Å². The van der Waals surface area contributed by atoms with Crippen LogP contribution in [0.1, 0.15) is 59.8 Å². The van der Waals surface area contributed by atoms with Gasteiger partial charge < -0.3 is 0 Å². The zero-order valence-electron chi connectivity index (χ0n) is 11.5. The molecular weight excluding hydrogens is 196 g/mol. The smallest absolute Gasteiger partial charge is 0.0635 e. The molecule has 0 saturated carbocycles. The first-order valence-electron chi connectivity index (χ1n) is 6.76. The lowest BCUT2D eigenvalue weighted by Gasteiger charge is -2.29. The summed E-state index contributed by atoms with van der Waals surface area (Å²) in [7, 11) is 0. The van der Waals surface area contributed by atoms with E-state index in [4.69, 9.17) is 5.26 Å². The fraction of sp³-hybridized carbons (Fsp3) is 0.929. The molecule has 0 aromatic heterocycles. The third-order valence-electron chi connectivity index (χ3n) is 3.28. The maximum absolute atomic E-state index is 8.65. The van der Waals surface area contributed by atoms with Crippen LogP contribution in [0.2, 0.25) is 0 Å². The van der Waals surface area contributed by atoms with Gasteiger partial charge in [0.15, 0.2) is 0 Å². The normalized spacial score (nSPS) is 13.1. The van der Waals surface area contributed by atoms with Gasteiger partial charge in [0, 0.05) is 25.6 Å². The summed E-state index contributed by atoms with van der Waals surface area (Å²) in [6.45, 7) is 11.1. The highest BCUT2D eigenvalue weighted by Gasteiger charge is 2.14. The Morgan fingerprint density at radius 3 is 2.38 bits per heavy atom. The van der Waals surface area contributed by atoms with Gasteiger partial charge in [-0.1, -0.05) is 33.1 Å². The summed E-state index contributed by atoms with van der Waals surface area (Å²) >= 11 is 0. The van der Waals surface area contributed by atoms with E-state index in [-0.39, 0.29) is 0 Å². The molecule has 1 atom stereocenters. The summed E-state index contributed by atoms with van der Waals surface area (Å²) in [5.74, 6) is 0.807. The van der Waals surface area contributed by atoms with Crippen molar-refractivity contribution in [3.05, 3.63) is 0 Å². The standard InChI is InChI=1S/C14H28N2/c1-5-7-9-14(6-2)12-16(13(3)4)11-8-10-15/h13-14H,5-9,11-12H2,1-4H3. The van der Waals surface area contributed by atoms with Crippen molar-refractivity contribution < 1.29 is 0 Å². The molecule has 1 unspecified atom stereocenters. The summed E-state index contributed by atoms with van der Waals surface area (Å²) in [6.07, 6.45) is 5.88. The molecule has 0 aliphatic heterocycles. The first kappa shape index (κ1) is 15.4. The predicted molar refractivity (Wildman–Crippen MR) is 70.2 cm³/mol. The molecule has 0 radical (unpaired) electrons. The fourth-order valence-corrected chi connectivity index (χ4v) is 2.00. The summed E-state index contributed by atoms with van der Waals surface area (Å²) in [4.78, 5) is 2.45. The second-order valence-corrected chi connectivity index (χ2v) is 4.91. The Bertz CT molecular complexity index is 193. The van der Waals surface area contributed by atoms with Gasteiger partial charge in [0.05, 0.1) is 6.07 Å². The van der Waals surface area contributed by atoms with Crippen LogP contribution in [0.3, 0.4) is 0 Å². The van der Waals surface area contributed by atoms with E-state index in [1.54, 1.807) is 0 Å². The van der Waals surface area contributed by atoms with Crippen molar-refractivity contribution in [2.45, 2.75) is 65.8 Å². The van der Waals surface area contributed by atoms with Gasteiger partial charge in [-0.3, -0.25) is 4.90 Å². The number of nitriles is 1. The Morgan fingerprint density at radius 1 is 1.25 bits per heavy atom. The van der Waals surface area contributed by atoms with Crippen LogP contribution >= 0.6 is 0 Å². The lowest BCUT2D eigenvalue weighted by Crippen LogP contribution is -2.36. The summed E-state index contributed by atoms with van der Waals surface area (Å²) in [5.41, 5.74) is 0. The quantitative estimate of drug-likeness (QED) is 0.595. The minimum absolute atomic E-state index is 0.559. The molecular formula is C14H28N2. The molecule has 16 heavy (non-hydrogen) atoms. The first-order valence-corrected chi connectivity index (χ1v) is 6.76. The minimum atomic E-state index is 0.559. The molecule has 0 fully saturated rings. The molecule has 94 valence electrons. The van der Waals surface area contributed by atoms with Crippen LogP contribution in [-0.4, -0.2) is 24.0 Å². The number of rotatable bonds is 9. The Morgan fingerprint density at radius 2 is 1.94 bits per heavy atom. The van der Waals surface area contributed by atoms with E-state index in [0.717, 1.165) is 19.0 Å². The molecule has 0 bridgehead atoms. The van der Waals surface area contributed by atoms with Gasteiger partial charge in [0.25, 0.3) is 0 Å². The topological polar surface area (TPSA) is 27.0 Å². The third-order valence-corrected chi connectivity index (χ3v) is 3.28. The molecule has 0 aromatic rings. The number of nitrogens with zero attached hydrogens (tertiary/aromatic N) is 2. The summed E-state index contributed by atoms with van der Waals surface area (Å²) in [6, 6.07) is 2.81. The van der Waals surface area contributed by atoms with Crippen LogP contribution in [0, 0.1) is 17.2 Å². The van der Waals surface area contributed by atoms with Crippen LogP contribution in [-0.2, 0) is 0 Å². The van der Waals surface area contributed by atoms with E-state index < -0.39 is 0 Å². The van der Waals surface area contributed by atoms with Gasteiger partial charge in [0.1, 0.15) is 0 Å². The molecule has 0 aromatic carbocycles. The highest BCUT2D eigenvalue weighted by molar-refractivity contribution is 4.75. The number of unbranched alkanes of at least 4 members (excludes halogenated alkanes) is 1. The van der Waals surface area contributed by atoms with Crippen molar-refractivity contribution in [3.8, 4) is 6.07 Å². The van der Waals surface area contributed by atoms with Crippen LogP contribution in [0.4, 0.5) is 0 Å². The largest absolute Gasteiger partial charge is 0.300 e. The Hall–Kier alpha value is -0.550. The van der Waals surface area contributed by atoms with Crippen molar-refractivity contribution >= 4 is 0 Å². The third kappa shape index (κ3) is 6.85. The number of hydrogen-bond donors (Lipinski definition) is 0. The molecule has 0 N–H and O–H groups in total. The SMILES string of the molecule is CCCCC(CC)CN(CCC#N)C(C)C. The van der Waals surface area contributed by atoms with E-state index in [9.17, 15) is 0 Å². The second-order valence-electron chi connectivity index (χ2n) is 4.91. The Kier molecular flexibility index (Phi) is 9.33. The Labute approximate surface area is 102 Å². The van der Waals surface area contributed by atoms with Crippen molar-refractivity contribution in [2.24, 2.45) is 5.92 Å². The van der Waals surface area contributed by atoms with Crippen molar-refractivity contribution in [2.75, 3.05) is 13.1 Å². The van der Waals surface area contributed by atoms with Gasteiger partial charge in [-0.25, -0.2) is 0 Å². The molecule has 0 amide bonds. The van der Waals surface area contributed by atoms with Crippen LogP contribution in [0.5, 0.6) is 0 Å². The highest BCUT2D eigenvalue weighted by Crippen LogP contribution is 2.15. The van der Waals surface area contributed by atoms with Crippen molar-refractivity contribution in [1.82, 2.24) is 4.90 Å². The van der Waals surface area contributed by atoms with Crippen LogP contribution in [0.25, 0.3) is 0 Å². The van der Waals surface area contributed by atoms with Gasteiger partial charge >= 0.3 is 0 Å². The summed E-state index contributed by atoms with van der Waals surface area (Å²) < 4.78 is 0. The fourth-order valence-electron chi connectivity index (χ4n) is 2.00. The predicted octanol–water partition coefficient (Wildman–Crippen LogP) is 3.83. The van der Waals surface area contributed by atoms with Gasteiger partial charge in [0.2, 0.25) is 0 Å². The Balaban J connectivity index is 4.07. The van der Waals surface area contributed by atoms with Gasteiger partial charge in [-0.05, 0) is 26.2 Å². The maximum atomic E-state index is 8.65. The van der Waals surface area contributed by atoms with E-state index in [0.29, 0.717) is 12.5 Å². The van der Waals surface area contributed by atoms with Gasteiger partial charge in [-0.15, -0.1) is 0 Å². The van der Waals surface area contributed by atoms with E-state index in [1.165, 1.54) is 25.7 Å². The molecule has 0 heterocycles. The lowest BCUT2D eigenvalue weighted by molar-refractivity contribution is 0.182. The molecule has 0 saturated heterocycles. The molecule has 0 rings (SSSR count). The molecule has 2 nitrogen and oxygen atoms in total. The molecule has 0 aliphatic rings. The molecule has 0 spiro atoms. The molecule has 2 heteroatoms. The second kappa shape index (κ2) is 9.66. The van der Waals surface area contributed by atoms with Gasteiger partial charge in [-0.2, -0.15) is 5.26 Å². The monoisotopic (exact) mass is 224 g/mol. The van der Waals surface area contributed by atoms with E-state index >= 15 is 0 Å². The lowest BCUT2D eigenvalue weighted by atomic mass is 9.98. The van der Waals surface area contributed by atoms with Crippen LogP contribution < -0.4 is 0 Å². The molecule has 0 aliphatic carbocycles. The average Bonchev–Trinajstić information content (AvgIpc) is 2.28. The first-order chi connectivity index (χ1) is 7.65.